The summed E-state index contributed by atoms with van der Waals surface area (Å²) in [5.74, 6) is 0.690. The van der Waals surface area contributed by atoms with Crippen LogP contribution in [0.25, 0.3) is 10.2 Å². The van der Waals surface area contributed by atoms with Crippen molar-refractivity contribution in [3.8, 4) is 5.75 Å². The van der Waals surface area contributed by atoms with Crippen molar-refractivity contribution in [2.24, 2.45) is 11.7 Å². The number of rotatable bonds is 7. The van der Waals surface area contributed by atoms with Crippen LogP contribution in [0.2, 0.25) is 0 Å². The highest BCUT2D eigenvalue weighted by Crippen LogP contribution is 2.36. The summed E-state index contributed by atoms with van der Waals surface area (Å²) < 4.78 is 20.4. The van der Waals surface area contributed by atoms with Crippen LogP contribution in [0.3, 0.4) is 0 Å². The van der Waals surface area contributed by atoms with Crippen LogP contribution in [0.4, 0.5) is 15.9 Å². The summed E-state index contributed by atoms with van der Waals surface area (Å²) in [6.45, 7) is 9.13. The van der Waals surface area contributed by atoms with Crippen molar-refractivity contribution in [1.82, 2.24) is 14.9 Å². The fourth-order valence-electron chi connectivity index (χ4n) is 4.20. The number of benzene rings is 1. The zero-order valence-corrected chi connectivity index (χ0v) is 19.3. The number of primary amides is 1. The highest BCUT2D eigenvalue weighted by molar-refractivity contribution is 7.20. The fourth-order valence-corrected chi connectivity index (χ4v) is 5.20. The Balaban J connectivity index is 1.61. The van der Waals surface area contributed by atoms with Crippen molar-refractivity contribution >= 4 is 39.0 Å². The third kappa shape index (κ3) is 4.83. The first kappa shape index (κ1) is 22.4. The van der Waals surface area contributed by atoms with Crippen molar-refractivity contribution in [1.29, 1.82) is 0 Å². The van der Waals surface area contributed by atoms with E-state index in [1.807, 2.05) is 6.92 Å². The van der Waals surface area contributed by atoms with E-state index in [0.29, 0.717) is 32.9 Å². The lowest BCUT2D eigenvalue weighted by molar-refractivity contribution is 0.0819. The largest absolute Gasteiger partial charge is 0.487 e. The van der Waals surface area contributed by atoms with Gasteiger partial charge >= 0.3 is 0 Å². The van der Waals surface area contributed by atoms with Gasteiger partial charge in [0.05, 0.1) is 16.0 Å². The molecule has 1 atom stereocenters. The van der Waals surface area contributed by atoms with Gasteiger partial charge in [0.25, 0.3) is 5.91 Å². The van der Waals surface area contributed by atoms with Crippen molar-refractivity contribution in [2.75, 3.05) is 25.0 Å². The molecule has 3 heterocycles. The summed E-state index contributed by atoms with van der Waals surface area (Å²) in [7, 11) is 0. The van der Waals surface area contributed by atoms with E-state index >= 15 is 0 Å². The number of hydrogen-bond donors (Lipinski definition) is 2. The van der Waals surface area contributed by atoms with Crippen LogP contribution in [0.1, 0.15) is 41.9 Å². The number of likely N-dealkylation sites (tertiary alicyclic amines) is 1. The molecule has 4 rings (SSSR count). The number of aromatic nitrogens is 2. The number of thiophene rings is 1. The Labute approximate surface area is 190 Å². The second-order valence-corrected chi connectivity index (χ2v) is 9.62. The maximum Gasteiger partial charge on any atom is 0.259 e. The number of halogens is 1. The number of anilines is 2. The summed E-state index contributed by atoms with van der Waals surface area (Å²) in [6.07, 6.45) is 3.39. The molecule has 1 aliphatic heterocycles. The second-order valence-electron chi connectivity index (χ2n) is 8.62. The number of nitrogens with one attached hydrogen (secondary N) is 1. The first-order valence-corrected chi connectivity index (χ1v) is 11.6. The molecule has 1 aliphatic rings. The van der Waals surface area contributed by atoms with E-state index in [1.54, 1.807) is 6.07 Å². The van der Waals surface area contributed by atoms with Crippen LogP contribution in [-0.4, -0.2) is 46.5 Å². The van der Waals surface area contributed by atoms with Gasteiger partial charge in [-0.1, -0.05) is 13.8 Å². The number of fused-ring (bicyclic) bond motifs is 1. The summed E-state index contributed by atoms with van der Waals surface area (Å²) in [5.41, 5.74) is 6.84. The van der Waals surface area contributed by atoms with Crippen molar-refractivity contribution in [3.63, 3.8) is 0 Å². The zero-order chi connectivity index (χ0) is 22.8. The maximum atomic E-state index is 14.1. The summed E-state index contributed by atoms with van der Waals surface area (Å²) in [5, 5.41) is 3.99. The fraction of sp³-hybridized carbons (Fsp3) is 0.435. The minimum absolute atomic E-state index is 0.0142. The molecule has 7 nitrogen and oxygen atoms in total. The van der Waals surface area contributed by atoms with Crippen molar-refractivity contribution in [3.05, 3.63) is 40.8 Å². The molecule has 0 radical (unpaired) electrons. The number of amides is 1. The van der Waals surface area contributed by atoms with Gasteiger partial charge in [0, 0.05) is 19.2 Å². The Morgan fingerprint density at radius 1 is 1.41 bits per heavy atom. The third-order valence-electron chi connectivity index (χ3n) is 5.53. The Morgan fingerprint density at radius 3 is 2.97 bits per heavy atom. The van der Waals surface area contributed by atoms with Crippen LogP contribution in [-0.2, 0) is 0 Å². The maximum absolute atomic E-state index is 14.1. The lowest BCUT2D eigenvalue weighted by Crippen LogP contribution is -2.42. The molecule has 1 fully saturated rings. The number of ether oxygens (including phenoxy) is 1. The Hall–Kier alpha value is -2.78. The highest BCUT2D eigenvalue weighted by atomic mass is 32.1. The summed E-state index contributed by atoms with van der Waals surface area (Å²) in [4.78, 5) is 23.9. The van der Waals surface area contributed by atoms with Crippen molar-refractivity contribution < 1.29 is 13.9 Å². The molecule has 0 bridgehead atoms. The number of aryl methyl sites for hydroxylation is 1. The van der Waals surface area contributed by atoms with Gasteiger partial charge < -0.3 is 15.8 Å². The standard InChI is InChI=1S/C23H28FN5O2S/c1-13(2)10-29-8-4-5-16(11-29)31-18-9-15(24)6-7-17(18)28-22-19-14(3)20(21(25)30)32-23(19)27-12-26-22/h6-7,9,12-13,16H,4-5,8,10-11H2,1-3H3,(H2,25,30)(H,26,27,28)/t16-/m0/s1. The van der Waals surface area contributed by atoms with Crippen molar-refractivity contribution in [2.45, 2.75) is 39.7 Å². The molecule has 3 N–H and O–H groups in total. The van der Waals surface area contributed by atoms with Crippen LogP contribution >= 0.6 is 11.3 Å². The van der Waals surface area contributed by atoms with E-state index in [-0.39, 0.29) is 11.9 Å². The van der Waals surface area contributed by atoms with E-state index in [4.69, 9.17) is 10.5 Å². The minimum atomic E-state index is -0.495. The quantitative estimate of drug-likeness (QED) is 0.543. The van der Waals surface area contributed by atoms with Gasteiger partial charge in [0.15, 0.2) is 0 Å². The normalized spacial score (nSPS) is 17.1. The molecule has 32 heavy (non-hydrogen) atoms. The van der Waals surface area contributed by atoms with E-state index in [1.165, 1.54) is 29.8 Å². The molecule has 3 aromatic rings. The molecular weight excluding hydrogens is 429 g/mol. The molecule has 0 unspecified atom stereocenters. The van der Waals surface area contributed by atoms with Gasteiger partial charge in [-0.25, -0.2) is 14.4 Å². The number of piperidine rings is 1. The van der Waals surface area contributed by atoms with Gasteiger partial charge in [-0.15, -0.1) is 11.3 Å². The highest BCUT2D eigenvalue weighted by Gasteiger charge is 2.24. The monoisotopic (exact) mass is 457 g/mol. The van der Waals surface area contributed by atoms with E-state index in [2.05, 4.69) is 34.0 Å². The number of hydrogen-bond acceptors (Lipinski definition) is 7. The third-order valence-corrected chi connectivity index (χ3v) is 6.74. The van der Waals surface area contributed by atoms with Crippen LogP contribution in [0, 0.1) is 18.7 Å². The van der Waals surface area contributed by atoms with E-state index < -0.39 is 5.91 Å². The Morgan fingerprint density at radius 2 is 2.22 bits per heavy atom. The predicted molar refractivity (Wildman–Crippen MR) is 125 cm³/mol. The van der Waals surface area contributed by atoms with Gasteiger partial charge in [-0.3, -0.25) is 9.69 Å². The number of nitrogens with zero attached hydrogens (tertiary/aromatic N) is 3. The summed E-state index contributed by atoms with van der Waals surface area (Å²) >= 11 is 1.23. The van der Waals surface area contributed by atoms with E-state index in [0.717, 1.165) is 43.4 Å². The SMILES string of the molecule is Cc1c(C(N)=O)sc2ncnc(Nc3ccc(F)cc3O[C@H]3CCCN(CC(C)C)C3)c12. The van der Waals surface area contributed by atoms with Crippen LogP contribution in [0.15, 0.2) is 24.5 Å². The Bertz CT molecular complexity index is 1130. The van der Waals surface area contributed by atoms with Crippen LogP contribution in [0.5, 0.6) is 5.75 Å². The first-order chi connectivity index (χ1) is 15.3. The van der Waals surface area contributed by atoms with Gasteiger partial charge in [0.1, 0.15) is 34.6 Å². The molecule has 0 aliphatic carbocycles. The smallest absolute Gasteiger partial charge is 0.259 e. The average molecular weight is 458 g/mol. The lowest BCUT2D eigenvalue weighted by Gasteiger charge is -2.34. The van der Waals surface area contributed by atoms with Gasteiger partial charge in [0.2, 0.25) is 0 Å². The predicted octanol–water partition coefficient (Wildman–Crippen LogP) is 4.48. The molecular formula is C23H28FN5O2S. The molecule has 0 saturated carbocycles. The first-order valence-electron chi connectivity index (χ1n) is 10.8. The van der Waals surface area contributed by atoms with Crippen LogP contribution < -0.4 is 15.8 Å². The minimum Gasteiger partial charge on any atom is -0.487 e. The molecule has 1 aromatic carbocycles. The van der Waals surface area contributed by atoms with Gasteiger partial charge in [-0.2, -0.15) is 0 Å². The topological polar surface area (TPSA) is 93.4 Å². The molecule has 1 saturated heterocycles. The number of carbonyl (C=O) groups excluding carboxylic acids is 1. The number of carbonyl (C=O) groups is 1. The molecule has 0 spiro atoms. The lowest BCUT2D eigenvalue weighted by atomic mass is 10.1. The van der Waals surface area contributed by atoms with Gasteiger partial charge in [-0.05, 0) is 49.9 Å². The molecule has 9 heteroatoms. The van der Waals surface area contributed by atoms with E-state index in [9.17, 15) is 9.18 Å². The molecule has 170 valence electrons. The summed E-state index contributed by atoms with van der Waals surface area (Å²) in [6, 6.07) is 4.43. The zero-order valence-electron chi connectivity index (χ0n) is 18.5. The average Bonchev–Trinajstić information content (AvgIpc) is 3.08. The molecule has 2 aromatic heterocycles. The second kappa shape index (κ2) is 9.38. The molecule has 1 amide bonds. The number of nitrogens with two attached hydrogens (primary N) is 1. The Kier molecular flexibility index (Phi) is 6.57.